The number of hydrogen-bond donors (Lipinski definition) is 0. The van der Waals surface area contributed by atoms with E-state index in [0.717, 1.165) is 55.0 Å². The van der Waals surface area contributed by atoms with Gasteiger partial charge in [-0.1, -0.05) is 130 Å². The summed E-state index contributed by atoms with van der Waals surface area (Å²) in [5.74, 6) is 5.51. The lowest BCUT2D eigenvalue weighted by Gasteiger charge is -2.29. The lowest BCUT2D eigenvalue weighted by atomic mass is 9.79. The molecule has 3 nitrogen and oxygen atoms in total. The number of benzene rings is 6. The summed E-state index contributed by atoms with van der Waals surface area (Å²) in [5, 5.41) is 5.10. The van der Waals surface area contributed by atoms with Crippen molar-refractivity contribution in [1.29, 1.82) is 0 Å². The Labute approximate surface area is 356 Å². The Balaban J connectivity index is 1.23. The van der Waals surface area contributed by atoms with Crippen molar-refractivity contribution in [2.45, 2.75) is 71.1 Å². The largest absolute Gasteiger partial charge is 0.344 e. The SMILES string of the molecule is C#CC#C[N+]1=C(C=CC2=C(N(c3ccccc3)c3ccccc3)C(=CC=C3N(CCCC)c4ccc5ccccc5c4C3(C)C)CC2)C(C)(C)c2c1ccc1ccccc21. The number of anilines is 3. The van der Waals surface area contributed by atoms with Gasteiger partial charge in [0.15, 0.2) is 0 Å². The number of allylic oxidation sites excluding steroid dienone is 7. The Kier molecular flexibility index (Phi) is 10.2. The number of rotatable bonds is 9. The first-order valence-corrected chi connectivity index (χ1v) is 21.4. The lowest BCUT2D eigenvalue weighted by Crippen LogP contribution is -2.27. The molecule has 0 saturated carbocycles. The smallest absolute Gasteiger partial charge is 0.243 e. The number of nitrogens with zero attached hydrogens (tertiary/aromatic N) is 3. The molecule has 0 radical (unpaired) electrons. The molecule has 0 saturated heterocycles. The monoisotopic (exact) mass is 778 g/mol. The second-order valence-electron chi connectivity index (χ2n) is 17.2. The van der Waals surface area contributed by atoms with E-state index in [0.29, 0.717) is 0 Å². The first kappa shape index (κ1) is 38.7. The first-order chi connectivity index (χ1) is 29.2. The Bertz CT molecular complexity index is 2880. The molecule has 3 aliphatic rings. The minimum Gasteiger partial charge on any atom is -0.344 e. The predicted octanol–water partition coefficient (Wildman–Crippen LogP) is 13.8. The maximum Gasteiger partial charge on any atom is 0.243 e. The van der Waals surface area contributed by atoms with Crippen LogP contribution in [-0.2, 0) is 10.8 Å². The Morgan fingerprint density at radius 2 is 1.30 bits per heavy atom. The molecule has 0 fully saturated rings. The second kappa shape index (κ2) is 15.7. The van der Waals surface area contributed by atoms with Gasteiger partial charge in [0.05, 0.1) is 17.0 Å². The topological polar surface area (TPSA) is 9.49 Å². The van der Waals surface area contributed by atoms with Gasteiger partial charge in [0, 0.05) is 52.4 Å². The molecule has 0 aromatic heterocycles. The molecule has 3 heteroatoms. The van der Waals surface area contributed by atoms with E-state index in [1.165, 1.54) is 60.9 Å². The third-order valence-electron chi connectivity index (χ3n) is 12.8. The van der Waals surface area contributed by atoms with Crippen molar-refractivity contribution < 1.29 is 4.58 Å². The van der Waals surface area contributed by atoms with Crippen molar-refractivity contribution in [2.24, 2.45) is 0 Å². The van der Waals surface area contributed by atoms with E-state index in [1.54, 1.807) is 0 Å². The zero-order chi connectivity index (χ0) is 41.4. The maximum absolute atomic E-state index is 5.75. The summed E-state index contributed by atoms with van der Waals surface area (Å²) in [6, 6.07) is 51.5. The van der Waals surface area contributed by atoms with Gasteiger partial charge >= 0.3 is 0 Å². The Hall–Kier alpha value is -6.81. The van der Waals surface area contributed by atoms with Gasteiger partial charge in [-0.3, -0.25) is 0 Å². The van der Waals surface area contributed by atoms with Gasteiger partial charge in [0.2, 0.25) is 17.4 Å². The van der Waals surface area contributed by atoms with Gasteiger partial charge in [0.25, 0.3) is 0 Å². The molecule has 2 aliphatic heterocycles. The summed E-state index contributed by atoms with van der Waals surface area (Å²) >= 11 is 0. The third-order valence-corrected chi connectivity index (χ3v) is 12.8. The molecule has 0 amide bonds. The number of terminal acetylenes is 1. The van der Waals surface area contributed by atoms with Crippen LogP contribution in [0.15, 0.2) is 180 Å². The van der Waals surface area contributed by atoms with Crippen LogP contribution >= 0.6 is 0 Å². The van der Waals surface area contributed by atoms with Crippen molar-refractivity contribution in [3.63, 3.8) is 0 Å². The molecule has 60 heavy (non-hydrogen) atoms. The summed E-state index contributed by atoms with van der Waals surface area (Å²) in [6.07, 6.45) is 19.4. The highest BCUT2D eigenvalue weighted by atomic mass is 15.2. The van der Waals surface area contributed by atoms with Crippen LogP contribution in [0.4, 0.5) is 22.7 Å². The number of hydrogen-bond acceptors (Lipinski definition) is 2. The van der Waals surface area contributed by atoms with Gasteiger partial charge in [-0.2, -0.15) is 0 Å². The first-order valence-electron chi connectivity index (χ1n) is 21.4. The minimum atomic E-state index is -0.327. The molecular weight excluding hydrogens is 727 g/mol. The van der Waals surface area contributed by atoms with Gasteiger partial charge < -0.3 is 9.80 Å². The summed E-state index contributed by atoms with van der Waals surface area (Å²) in [5.41, 5.74) is 13.1. The van der Waals surface area contributed by atoms with Crippen LogP contribution in [0.1, 0.15) is 71.4 Å². The zero-order valence-corrected chi connectivity index (χ0v) is 35.5. The van der Waals surface area contributed by atoms with E-state index in [2.05, 4.69) is 225 Å². The van der Waals surface area contributed by atoms with Crippen molar-refractivity contribution in [3.8, 4) is 24.3 Å². The van der Waals surface area contributed by atoms with Gasteiger partial charge in [-0.05, 0) is 120 Å². The van der Waals surface area contributed by atoms with Crippen LogP contribution in [0.2, 0.25) is 0 Å². The average molecular weight is 779 g/mol. The fraction of sp³-hybridized carbons (Fsp3) is 0.211. The van der Waals surface area contributed by atoms with Gasteiger partial charge in [-0.15, -0.1) is 11.0 Å². The number of para-hydroxylation sites is 2. The Morgan fingerprint density at radius 1 is 0.683 bits per heavy atom. The van der Waals surface area contributed by atoms with Crippen molar-refractivity contribution in [2.75, 3.05) is 16.3 Å². The second-order valence-corrected chi connectivity index (χ2v) is 17.2. The number of fused-ring (bicyclic) bond motifs is 6. The van der Waals surface area contributed by atoms with E-state index in [-0.39, 0.29) is 10.8 Å². The normalized spacial score (nSPS) is 17.8. The summed E-state index contributed by atoms with van der Waals surface area (Å²) < 4.78 is 2.12. The molecule has 1 aliphatic carbocycles. The van der Waals surface area contributed by atoms with Crippen LogP contribution in [0, 0.1) is 24.3 Å². The van der Waals surface area contributed by atoms with Crippen molar-refractivity contribution >= 4 is 50.0 Å². The molecular formula is C57H52N3+. The zero-order valence-electron chi connectivity index (χ0n) is 35.5. The standard InChI is InChI=1S/C57H52N3/c1-7-9-39-58-49-35-31-41-21-17-19-27-47(41)53(49)56(3,4)51(58)37-33-43-29-30-44(55(43)60(45-23-13-11-14-24-45)46-25-15-12-16-26-46)34-38-52-57(5,6)54-48-28-20-18-22-42(48)32-36-50(54)59(52)40-10-8-2/h1,11-28,31-38H,8,10,29-30,40H2,2-6H3/q+1. The fourth-order valence-electron chi connectivity index (χ4n) is 9.97. The van der Waals surface area contributed by atoms with E-state index >= 15 is 0 Å². The van der Waals surface area contributed by atoms with E-state index in [9.17, 15) is 0 Å². The van der Waals surface area contributed by atoms with E-state index < -0.39 is 0 Å². The molecule has 6 aromatic carbocycles. The van der Waals surface area contributed by atoms with Crippen LogP contribution in [0.3, 0.4) is 0 Å². The van der Waals surface area contributed by atoms with Crippen LogP contribution in [0.5, 0.6) is 0 Å². The average Bonchev–Trinajstić information content (AvgIpc) is 3.84. The number of unbranched alkanes of at least 4 members (excludes halogenated alkanes) is 1. The van der Waals surface area contributed by atoms with Crippen molar-refractivity contribution in [1.82, 2.24) is 0 Å². The lowest BCUT2D eigenvalue weighted by molar-refractivity contribution is -0.332. The summed E-state index contributed by atoms with van der Waals surface area (Å²) in [7, 11) is 0. The molecule has 294 valence electrons. The van der Waals surface area contributed by atoms with Crippen LogP contribution < -0.4 is 9.80 Å². The maximum atomic E-state index is 5.75. The van der Waals surface area contributed by atoms with Crippen LogP contribution in [0.25, 0.3) is 21.5 Å². The molecule has 0 bridgehead atoms. The summed E-state index contributed by atoms with van der Waals surface area (Å²) in [4.78, 5) is 5.05. The molecule has 0 atom stereocenters. The molecule has 9 rings (SSSR count). The molecule has 2 heterocycles. The Morgan fingerprint density at radius 3 is 1.95 bits per heavy atom. The quantitative estimate of drug-likeness (QED) is 0.107. The third kappa shape index (κ3) is 6.56. The fourth-order valence-corrected chi connectivity index (χ4v) is 9.97. The molecule has 0 unspecified atom stereocenters. The molecule has 0 spiro atoms. The highest BCUT2D eigenvalue weighted by Gasteiger charge is 2.46. The molecule has 6 aromatic rings. The van der Waals surface area contributed by atoms with E-state index in [1.807, 2.05) is 0 Å². The molecule has 0 N–H and O–H groups in total. The highest BCUT2D eigenvalue weighted by molar-refractivity contribution is 6.08. The van der Waals surface area contributed by atoms with Crippen molar-refractivity contribution in [3.05, 3.63) is 191 Å². The predicted molar refractivity (Wildman–Crippen MR) is 254 cm³/mol. The van der Waals surface area contributed by atoms with Crippen LogP contribution in [-0.4, -0.2) is 16.8 Å². The summed E-state index contributed by atoms with van der Waals surface area (Å²) in [6.45, 7) is 12.7. The van der Waals surface area contributed by atoms with Gasteiger partial charge in [0.1, 0.15) is 0 Å². The van der Waals surface area contributed by atoms with E-state index in [4.69, 9.17) is 6.42 Å². The minimum absolute atomic E-state index is 0.183. The highest BCUT2D eigenvalue weighted by Crippen LogP contribution is 2.51. The van der Waals surface area contributed by atoms with Gasteiger partial charge in [-0.25, -0.2) is 0 Å².